The van der Waals surface area contributed by atoms with E-state index in [0.717, 1.165) is 6.07 Å². The molecule has 0 saturated carbocycles. The fourth-order valence-electron chi connectivity index (χ4n) is 2.73. The minimum absolute atomic E-state index is 0.00465. The number of aliphatic hydroxyl groups is 1. The largest absolute Gasteiger partial charge is 0.419 e. The standard InChI is InChI=1S/C19H16F4N6O/c1-11(30)9-27-18-25-7-5-16(28-18)29-13(4-6-24)10-26-17(29)12-2-3-15(20)14(8-12)19(21,22)23/h2-3,5,7-8,10-11,30H,4,9H2,1H3,(H,25,27,28)/t11-/m1/s1. The molecule has 11 heteroatoms. The van der Waals surface area contributed by atoms with Crippen molar-refractivity contribution in [1.82, 2.24) is 19.5 Å². The molecule has 0 unspecified atom stereocenters. The fourth-order valence-corrected chi connectivity index (χ4v) is 2.73. The van der Waals surface area contributed by atoms with Gasteiger partial charge in [-0.2, -0.15) is 23.4 Å². The molecular weight excluding hydrogens is 404 g/mol. The number of aliphatic hydroxyl groups excluding tert-OH is 1. The molecule has 2 heterocycles. The van der Waals surface area contributed by atoms with Crippen LogP contribution in [-0.4, -0.2) is 37.3 Å². The van der Waals surface area contributed by atoms with Crippen LogP contribution in [0.25, 0.3) is 17.2 Å². The van der Waals surface area contributed by atoms with Gasteiger partial charge in [-0.15, -0.1) is 0 Å². The van der Waals surface area contributed by atoms with E-state index in [4.69, 9.17) is 5.26 Å². The second-order valence-corrected chi connectivity index (χ2v) is 6.40. The predicted octanol–water partition coefficient (Wildman–Crippen LogP) is 3.35. The molecule has 3 rings (SSSR count). The van der Waals surface area contributed by atoms with Gasteiger partial charge in [0, 0.05) is 18.3 Å². The number of anilines is 1. The molecule has 0 aliphatic carbocycles. The molecule has 0 radical (unpaired) electrons. The second kappa shape index (κ2) is 8.46. The van der Waals surface area contributed by atoms with Crippen LogP contribution in [0.5, 0.6) is 0 Å². The van der Waals surface area contributed by atoms with Gasteiger partial charge in [-0.3, -0.25) is 4.57 Å². The molecule has 0 bridgehead atoms. The summed E-state index contributed by atoms with van der Waals surface area (Å²) in [6.45, 7) is 1.75. The third kappa shape index (κ3) is 4.55. The van der Waals surface area contributed by atoms with E-state index in [1.54, 1.807) is 6.92 Å². The maximum Gasteiger partial charge on any atom is 0.419 e. The van der Waals surface area contributed by atoms with Crippen LogP contribution in [0.3, 0.4) is 0 Å². The highest BCUT2D eigenvalue weighted by atomic mass is 19.4. The van der Waals surface area contributed by atoms with Gasteiger partial charge in [0.15, 0.2) is 0 Å². The maximum absolute atomic E-state index is 13.7. The lowest BCUT2D eigenvalue weighted by Gasteiger charge is -2.14. The Kier molecular flexibility index (Phi) is 5.98. The summed E-state index contributed by atoms with van der Waals surface area (Å²) >= 11 is 0. The number of rotatable bonds is 6. The van der Waals surface area contributed by atoms with Gasteiger partial charge in [-0.05, 0) is 31.2 Å². The summed E-state index contributed by atoms with van der Waals surface area (Å²) in [5.74, 6) is -0.918. The first-order chi connectivity index (χ1) is 14.2. The summed E-state index contributed by atoms with van der Waals surface area (Å²) in [5.41, 5.74) is -1.03. The summed E-state index contributed by atoms with van der Waals surface area (Å²) in [6, 6.07) is 6.02. The Morgan fingerprint density at radius 2 is 2.03 bits per heavy atom. The Morgan fingerprint density at radius 3 is 2.70 bits per heavy atom. The summed E-state index contributed by atoms with van der Waals surface area (Å²) in [5, 5.41) is 21.3. The molecule has 0 aliphatic rings. The minimum atomic E-state index is -4.88. The van der Waals surface area contributed by atoms with Crippen LogP contribution in [-0.2, 0) is 12.6 Å². The first-order valence-electron chi connectivity index (χ1n) is 8.76. The zero-order valence-electron chi connectivity index (χ0n) is 15.7. The average molecular weight is 420 g/mol. The van der Waals surface area contributed by atoms with Gasteiger partial charge in [0.1, 0.15) is 17.5 Å². The number of hydrogen-bond donors (Lipinski definition) is 2. The Morgan fingerprint density at radius 1 is 1.27 bits per heavy atom. The molecule has 0 fully saturated rings. The predicted molar refractivity (Wildman–Crippen MR) is 99.0 cm³/mol. The van der Waals surface area contributed by atoms with Crippen molar-refractivity contribution in [2.24, 2.45) is 0 Å². The van der Waals surface area contributed by atoms with E-state index >= 15 is 0 Å². The van der Waals surface area contributed by atoms with Crippen LogP contribution < -0.4 is 5.32 Å². The smallest absolute Gasteiger partial charge is 0.392 e. The van der Waals surface area contributed by atoms with E-state index in [0.29, 0.717) is 11.8 Å². The Balaban J connectivity index is 2.12. The number of alkyl halides is 3. The number of hydrogen-bond acceptors (Lipinski definition) is 6. The van der Waals surface area contributed by atoms with Gasteiger partial charge in [0.2, 0.25) is 5.95 Å². The van der Waals surface area contributed by atoms with Crippen LogP contribution in [0.2, 0.25) is 0 Å². The molecule has 0 amide bonds. The number of benzene rings is 1. The van der Waals surface area contributed by atoms with Crippen molar-refractivity contribution in [2.45, 2.75) is 25.6 Å². The van der Waals surface area contributed by atoms with E-state index in [1.165, 1.54) is 29.1 Å². The van der Waals surface area contributed by atoms with Crippen LogP contribution >= 0.6 is 0 Å². The van der Waals surface area contributed by atoms with Crippen molar-refractivity contribution in [2.75, 3.05) is 11.9 Å². The van der Waals surface area contributed by atoms with Gasteiger partial charge in [-0.1, -0.05) is 0 Å². The van der Waals surface area contributed by atoms with E-state index in [-0.39, 0.29) is 36.1 Å². The van der Waals surface area contributed by atoms with Gasteiger partial charge in [0.05, 0.1) is 36.0 Å². The van der Waals surface area contributed by atoms with Crippen molar-refractivity contribution < 1.29 is 22.7 Å². The molecule has 0 saturated heterocycles. The van der Waals surface area contributed by atoms with Gasteiger partial charge in [-0.25, -0.2) is 14.4 Å². The molecule has 3 aromatic rings. The first-order valence-corrected chi connectivity index (χ1v) is 8.76. The number of nitrogens with one attached hydrogen (secondary N) is 1. The van der Waals surface area contributed by atoms with Crippen molar-refractivity contribution in [3.8, 4) is 23.3 Å². The molecule has 2 N–H and O–H groups in total. The highest BCUT2D eigenvalue weighted by Gasteiger charge is 2.34. The van der Waals surface area contributed by atoms with Crippen molar-refractivity contribution in [3.63, 3.8) is 0 Å². The van der Waals surface area contributed by atoms with E-state index in [1.807, 2.05) is 6.07 Å². The first kappa shape index (κ1) is 21.2. The molecule has 2 aromatic heterocycles. The molecule has 0 spiro atoms. The lowest BCUT2D eigenvalue weighted by Crippen LogP contribution is -2.17. The third-order valence-electron chi connectivity index (χ3n) is 4.05. The number of aromatic nitrogens is 4. The van der Waals surface area contributed by atoms with Crippen molar-refractivity contribution >= 4 is 5.95 Å². The Hall–Kier alpha value is -3.52. The minimum Gasteiger partial charge on any atom is -0.392 e. The molecular formula is C19H16F4N6O. The molecule has 1 atom stereocenters. The summed E-state index contributed by atoms with van der Waals surface area (Å²) in [4.78, 5) is 12.5. The number of imidazole rings is 1. The summed E-state index contributed by atoms with van der Waals surface area (Å²) < 4.78 is 54.5. The highest BCUT2D eigenvalue weighted by molar-refractivity contribution is 5.61. The monoisotopic (exact) mass is 420 g/mol. The highest BCUT2D eigenvalue weighted by Crippen LogP contribution is 2.34. The average Bonchev–Trinajstić information content (AvgIpc) is 3.10. The van der Waals surface area contributed by atoms with Crippen LogP contribution in [0, 0.1) is 17.1 Å². The molecule has 1 aromatic carbocycles. The topological polar surface area (TPSA) is 99.7 Å². The SMILES string of the molecule is C[C@@H](O)CNc1nccc(-n2c(CC#N)cnc2-c2ccc(F)c(C(F)(F)F)c2)n1. The lowest BCUT2D eigenvalue weighted by molar-refractivity contribution is -0.139. The van der Waals surface area contributed by atoms with E-state index in [9.17, 15) is 22.7 Å². The zero-order chi connectivity index (χ0) is 21.9. The number of nitrogens with zero attached hydrogens (tertiary/aromatic N) is 5. The van der Waals surface area contributed by atoms with Crippen molar-refractivity contribution in [3.05, 3.63) is 53.7 Å². The molecule has 7 nitrogen and oxygen atoms in total. The number of nitriles is 1. The van der Waals surface area contributed by atoms with Crippen molar-refractivity contribution in [1.29, 1.82) is 5.26 Å². The molecule has 30 heavy (non-hydrogen) atoms. The van der Waals surface area contributed by atoms with Crippen LogP contribution in [0.4, 0.5) is 23.5 Å². The molecule has 0 aliphatic heterocycles. The maximum atomic E-state index is 13.7. The Bertz CT molecular complexity index is 1090. The van der Waals surface area contributed by atoms with Gasteiger partial charge < -0.3 is 10.4 Å². The summed E-state index contributed by atoms with van der Waals surface area (Å²) in [7, 11) is 0. The van der Waals surface area contributed by atoms with Gasteiger partial charge in [0.25, 0.3) is 0 Å². The normalized spacial score (nSPS) is 12.4. The number of halogens is 4. The van der Waals surface area contributed by atoms with E-state index < -0.39 is 23.7 Å². The fraction of sp³-hybridized carbons (Fsp3) is 0.263. The van der Waals surface area contributed by atoms with Crippen LogP contribution in [0.1, 0.15) is 18.2 Å². The van der Waals surface area contributed by atoms with Crippen LogP contribution in [0.15, 0.2) is 36.7 Å². The van der Waals surface area contributed by atoms with Gasteiger partial charge >= 0.3 is 6.18 Å². The van der Waals surface area contributed by atoms with E-state index in [2.05, 4.69) is 20.3 Å². The zero-order valence-corrected chi connectivity index (χ0v) is 15.7. The molecule has 156 valence electrons. The Labute approximate surface area is 168 Å². The third-order valence-corrected chi connectivity index (χ3v) is 4.05. The summed E-state index contributed by atoms with van der Waals surface area (Å²) in [6.07, 6.45) is -2.85. The second-order valence-electron chi connectivity index (χ2n) is 6.40. The quantitative estimate of drug-likeness (QED) is 0.594. The lowest BCUT2D eigenvalue weighted by atomic mass is 10.1.